The average Bonchev–Trinajstić information content (AvgIpc) is 2.15. The summed E-state index contributed by atoms with van der Waals surface area (Å²) >= 11 is 0. The molecule has 1 aromatic carbocycles. The zero-order valence-electron chi connectivity index (χ0n) is 8.67. The SMILES string of the molecule is CS(=O)(=O)Nc1cccc2c1N([O-])CC=C2. The molecule has 1 aromatic rings. The molecule has 1 aliphatic heterocycles. The van der Waals surface area contributed by atoms with Gasteiger partial charge in [0.25, 0.3) is 0 Å². The van der Waals surface area contributed by atoms with Crippen LogP contribution in [-0.2, 0) is 10.0 Å². The first-order valence-corrected chi connectivity index (χ1v) is 6.58. The van der Waals surface area contributed by atoms with E-state index in [1.54, 1.807) is 30.4 Å². The zero-order valence-corrected chi connectivity index (χ0v) is 9.49. The van der Waals surface area contributed by atoms with Crippen molar-refractivity contribution < 1.29 is 8.42 Å². The van der Waals surface area contributed by atoms with E-state index in [0.29, 0.717) is 11.4 Å². The number of rotatable bonds is 2. The van der Waals surface area contributed by atoms with E-state index < -0.39 is 10.0 Å². The standard InChI is InChI=1S/C10H11N2O3S/c1-16(14,15)11-9-6-2-4-8-5-3-7-12(13)10(8)9/h2-6,11H,7H2,1H3/q-1. The molecule has 0 unspecified atom stereocenters. The maximum Gasteiger partial charge on any atom is 0.229 e. The average molecular weight is 239 g/mol. The number of hydrogen-bond acceptors (Lipinski definition) is 4. The van der Waals surface area contributed by atoms with Crippen LogP contribution in [0.3, 0.4) is 0 Å². The lowest BCUT2D eigenvalue weighted by atomic mass is 10.1. The molecule has 6 heteroatoms. The van der Waals surface area contributed by atoms with Gasteiger partial charge in [-0.1, -0.05) is 24.3 Å². The molecule has 16 heavy (non-hydrogen) atoms. The monoisotopic (exact) mass is 239 g/mol. The highest BCUT2D eigenvalue weighted by Crippen LogP contribution is 2.33. The summed E-state index contributed by atoms with van der Waals surface area (Å²) in [4.78, 5) is 0. The van der Waals surface area contributed by atoms with Crippen LogP contribution in [0.15, 0.2) is 24.3 Å². The van der Waals surface area contributed by atoms with Crippen molar-refractivity contribution in [3.8, 4) is 0 Å². The molecular formula is C10H11N2O3S-. The van der Waals surface area contributed by atoms with E-state index in [1.807, 2.05) is 0 Å². The molecule has 86 valence electrons. The maximum atomic E-state index is 11.6. The molecule has 1 aliphatic rings. The quantitative estimate of drug-likeness (QED) is 0.846. The highest BCUT2D eigenvalue weighted by Gasteiger charge is 2.13. The van der Waals surface area contributed by atoms with E-state index in [-0.39, 0.29) is 6.54 Å². The minimum atomic E-state index is -3.37. The van der Waals surface area contributed by atoms with Gasteiger partial charge in [-0.2, -0.15) is 0 Å². The second kappa shape index (κ2) is 3.80. The van der Waals surface area contributed by atoms with E-state index in [0.717, 1.165) is 16.9 Å². The van der Waals surface area contributed by atoms with Crippen LogP contribution >= 0.6 is 0 Å². The van der Waals surface area contributed by atoms with Gasteiger partial charge in [0.1, 0.15) is 0 Å². The Morgan fingerprint density at radius 3 is 2.88 bits per heavy atom. The van der Waals surface area contributed by atoms with Gasteiger partial charge < -0.3 is 10.3 Å². The number of anilines is 2. The number of nitrogens with zero attached hydrogens (tertiary/aromatic N) is 1. The highest BCUT2D eigenvalue weighted by molar-refractivity contribution is 7.92. The normalized spacial score (nSPS) is 14.8. The molecule has 5 nitrogen and oxygen atoms in total. The van der Waals surface area contributed by atoms with Crippen molar-refractivity contribution in [2.45, 2.75) is 0 Å². The fourth-order valence-corrected chi connectivity index (χ4v) is 2.19. The summed E-state index contributed by atoms with van der Waals surface area (Å²) in [5.74, 6) is 0. The fraction of sp³-hybridized carbons (Fsp3) is 0.200. The first kappa shape index (κ1) is 11.0. The number of fused-ring (bicyclic) bond motifs is 1. The summed E-state index contributed by atoms with van der Waals surface area (Å²) in [5, 5.41) is 12.4. The number of nitrogens with one attached hydrogen (secondary N) is 1. The molecule has 2 rings (SSSR count). The van der Waals surface area contributed by atoms with Crippen molar-refractivity contribution in [3.05, 3.63) is 35.0 Å². The predicted octanol–water partition coefficient (Wildman–Crippen LogP) is 1.39. The maximum absolute atomic E-state index is 11.6. The Hall–Kier alpha value is -1.53. The second-order valence-electron chi connectivity index (χ2n) is 3.58. The third kappa shape index (κ3) is 2.17. The summed E-state index contributed by atoms with van der Waals surface area (Å²) in [5.41, 5.74) is 1.41. The Bertz CT molecular complexity index is 537. The van der Waals surface area contributed by atoms with Gasteiger partial charge in [0, 0.05) is 6.54 Å². The second-order valence-corrected chi connectivity index (χ2v) is 5.33. The minimum absolute atomic E-state index is 0.232. The molecule has 0 saturated heterocycles. The summed E-state index contributed by atoms with van der Waals surface area (Å²) in [6, 6.07) is 5.04. The highest BCUT2D eigenvalue weighted by atomic mass is 32.2. The summed E-state index contributed by atoms with van der Waals surface area (Å²) in [7, 11) is -3.37. The Balaban J connectivity index is 2.51. The van der Waals surface area contributed by atoms with E-state index >= 15 is 0 Å². The largest absolute Gasteiger partial charge is 0.758 e. The number of hydroxylamine groups is 1. The molecule has 0 fully saturated rings. The van der Waals surface area contributed by atoms with Crippen LogP contribution < -0.4 is 9.79 Å². The van der Waals surface area contributed by atoms with Crippen LogP contribution in [0.4, 0.5) is 11.4 Å². The van der Waals surface area contributed by atoms with E-state index in [9.17, 15) is 13.6 Å². The molecule has 0 atom stereocenters. The molecule has 0 radical (unpaired) electrons. The van der Waals surface area contributed by atoms with Crippen LogP contribution in [0.25, 0.3) is 6.08 Å². The number of hydrogen-bond donors (Lipinski definition) is 1. The number of para-hydroxylation sites is 1. The van der Waals surface area contributed by atoms with Crippen molar-refractivity contribution in [2.24, 2.45) is 0 Å². The van der Waals surface area contributed by atoms with Crippen LogP contribution in [0.5, 0.6) is 0 Å². The van der Waals surface area contributed by atoms with E-state index in [4.69, 9.17) is 0 Å². The Morgan fingerprint density at radius 1 is 1.44 bits per heavy atom. The molecule has 0 aliphatic carbocycles. The molecule has 0 amide bonds. The summed E-state index contributed by atoms with van der Waals surface area (Å²) in [6.07, 6.45) is 4.59. The number of sulfonamides is 1. The van der Waals surface area contributed by atoms with Crippen molar-refractivity contribution in [1.82, 2.24) is 0 Å². The Labute approximate surface area is 94.0 Å². The minimum Gasteiger partial charge on any atom is -0.758 e. The van der Waals surface area contributed by atoms with E-state index in [2.05, 4.69) is 4.72 Å². The topological polar surface area (TPSA) is 72.5 Å². The molecule has 1 heterocycles. The third-order valence-electron chi connectivity index (χ3n) is 2.18. The first-order valence-electron chi connectivity index (χ1n) is 4.69. The smallest absolute Gasteiger partial charge is 0.229 e. The molecule has 0 spiro atoms. The molecule has 0 saturated carbocycles. The van der Waals surface area contributed by atoms with Crippen molar-refractivity contribution in [2.75, 3.05) is 22.6 Å². The van der Waals surface area contributed by atoms with Crippen molar-refractivity contribution in [1.29, 1.82) is 0 Å². The lowest BCUT2D eigenvalue weighted by Crippen LogP contribution is -2.21. The summed E-state index contributed by atoms with van der Waals surface area (Å²) in [6.45, 7) is 0.232. The van der Waals surface area contributed by atoms with Gasteiger partial charge in [-0.25, -0.2) is 8.42 Å². The van der Waals surface area contributed by atoms with Crippen LogP contribution in [0, 0.1) is 5.21 Å². The lowest BCUT2D eigenvalue weighted by Gasteiger charge is -2.35. The predicted molar refractivity (Wildman–Crippen MR) is 64.7 cm³/mol. The van der Waals surface area contributed by atoms with Gasteiger partial charge in [0.05, 0.1) is 17.6 Å². The Kier molecular flexibility index (Phi) is 2.61. The third-order valence-corrected chi connectivity index (χ3v) is 2.77. The molecular weight excluding hydrogens is 228 g/mol. The van der Waals surface area contributed by atoms with Gasteiger partial charge in [0.2, 0.25) is 10.0 Å². The zero-order chi connectivity index (χ0) is 11.8. The lowest BCUT2D eigenvalue weighted by molar-refractivity contribution is 0.607. The fourth-order valence-electron chi connectivity index (χ4n) is 1.62. The Morgan fingerprint density at radius 2 is 2.19 bits per heavy atom. The van der Waals surface area contributed by atoms with Crippen LogP contribution in [0.2, 0.25) is 0 Å². The number of benzene rings is 1. The van der Waals surface area contributed by atoms with Gasteiger partial charge in [0.15, 0.2) is 0 Å². The van der Waals surface area contributed by atoms with Gasteiger partial charge in [-0.15, -0.1) is 0 Å². The van der Waals surface area contributed by atoms with Crippen molar-refractivity contribution in [3.63, 3.8) is 0 Å². The summed E-state index contributed by atoms with van der Waals surface area (Å²) < 4.78 is 24.6. The molecule has 0 aromatic heterocycles. The van der Waals surface area contributed by atoms with Gasteiger partial charge in [-0.05, 0) is 11.6 Å². The van der Waals surface area contributed by atoms with Crippen LogP contribution in [-0.4, -0.2) is 21.2 Å². The molecule has 0 bridgehead atoms. The van der Waals surface area contributed by atoms with Gasteiger partial charge in [-0.3, -0.25) is 4.72 Å². The van der Waals surface area contributed by atoms with Gasteiger partial charge >= 0.3 is 0 Å². The van der Waals surface area contributed by atoms with Crippen LogP contribution in [0.1, 0.15) is 5.56 Å². The van der Waals surface area contributed by atoms with E-state index in [1.165, 1.54) is 0 Å². The molecule has 1 N–H and O–H groups in total. The first-order chi connectivity index (χ1) is 7.47. The van der Waals surface area contributed by atoms with Crippen molar-refractivity contribution >= 4 is 27.5 Å².